The maximum Gasteiger partial charge on any atom is 0.251 e. The fourth-order valence-electron chi connectivity index (χ4n) is 1.12. The molecule has 0 aliphatic rings. The van der Waals surface area contributed by atoms with Crippen LogP contribution in [0.2, 0.25) is 0 Å². The quantitative estimate of drug-likeness (QED) is 0.615. The summed E-state index contributed by atoms with van der Waals surface area (Å²) < 4.78 is 0. The summed E-state index contributed by atoms with van der Waals surface area (Å²) in [4.78, 5) is 21.9. The van der Waals surface area contributed by atoms with Crippen molar-refractivity contribution in [3.63, 3.8) is 0 Å². The van der Waals surface area contributed by atoms with Crippen molar-refractivity contribution in [3.8, 4) is 0 Å². The van der Waals surface area contributed by atoms with Gasteiger partial charge in [0.05, 0.1) is 0 Å². The fraction of sp³-hybridized carbons (Fsp3) is 0.273. The van der Waals surface area contributed by atoms with Gasteiger partial charge in [-0.25, -0.2) is 0 Å². The summed E-state index contributed by atoms with van der Waals surface area (Å²) in [6.07, 6.45) is 0.859. The highest BCUT2D eigenvalue weighted by atomic mass is 35.5. The second kappa shape index (κ2) is 6.19. The van der Waals surface area contributed by atoms with Gasteiger partial charge in [-0.15, -0.1) is 0 Å². The lowest BCUT2D eigenvalue weighted by Gasteiger charge is -2.03. The normalized spacial score (nSPS) is 9.67. The number of carbonyl (C=O) groups is 2. The number of hydrogen-bond donors (Lipinski definition) is 1. The lowest BCUT2D eigenvalue weighted by Crippen LogP contribution is -2.24. The molecule has 1 rings (SSSR count). The minimum absolute atomic E-state index is 0.127. The molecule has 1 N–H and O–H groups in total. The minimum atomic E-state index is -0.371. The van der Waals surface area contributed by atoms with Crippen molar-refractivity contribution in [2.45, 2.75) is 12.8 Å². The molecule has 1 aromatic carbocycles. The van der Waals surface area contributed by atoms with Crippen molar-refractivity contribution in [1.82, 2.24) is 5.32 Å². The molecule has 0 radical (unpaired) electrons. The molecule has 0 aromatic heterocycles. The highest BCUT2D eigenvalue weighted by Gasteiger charge is 2.03. The molecule has 1 amide bonds. The van der Waals surface area contributed by atoms with E-state index < -0.39 is 0 Å². The number of halogens is 1. The van der Waals surface area contributed by atoms with Crippen LogP contribution in [-0.2, 0) is 4.79 Å². The van der Waals surface area contributed by atoms with Gasteiger partial charge in [0.1, 0.15) is 0 Å². The molecular formula is C11H12ClNO2. The zero-order chi connectivity index (χ0) is 11.1. The third-order valence-electron chi connectivity index (χ3n) is 1.87. The number of rotatable bonds is 5. The zero-order valence-corrected chi connectivity index (χ0v) is 8.96. The van der Waals surface area contributed by atoms with Crippen LogP contribution >= 0.6 is 11.6 Å². The van der Waals surface area contributed by atoms with Crippen LogP contribution in [0.5, 0.6) is 0 Å². The average molecular weight is 226 g/mol. The summed E-state index contributed by atoms with van der Waals surface area (Å²) in [6, 6.07) is 8.93. The molecule has 0 heterocycles. The van der Waals surface area contributed by atoms with Crippen LogP contribution in [-0.4, -0.2) is 17.7 Å². The average Bonchev–Trinajstić information content (AvgIpc) is 2.25. The fourth-order valence-corrected chi connectivity index (χ4v) is 1.25. The van der Waals surface area contributed by atoms with Crippen LogP contribution in [0.4, 0.5) is 0 Å². The van der Waals surface area contributed by atoms with E-state index in [-0.39, 0.29) is 17.6 Å². The van der Waals surface area contributed by atoms with Gasteiger partial charge in [0.15, 0.2) is 0 Å². The van der Waals surface area contributed by atoms with Crippen molar-refractivity contribution in [1.29, 1.82) is 0 Å². The summed E-state index contributed by atoms with van der Waals surface area (Å²) in [5.41, 5.74) is 0.620. The van der Waals surface area contributed by atoms with Crippen molar-refractivity contribution in [2.75, 3.05) is 6.54 Å². The summed E-state index contributed by atoms with van der Waals surface area (Å²) in [5.74, 6) is -0.127. The number of nitrogens with one attached hydrogen (secondary N) is 1. The smallest absolute Gasteiger partial charge is 0.251 e. The molecule has 0 saturated carbocycles. The number of hydrogen-bond acceptors (Lipinski definition) is 2. The Morgan fingerprint density at radius 2 is 1.87 bits per heavy atom. The van der Waals surface area contributed by atoms with Crippen molar-refractivity contribution < 1.29 is 9.59 Å². The second-order valence-corrected chi connectivity index (χ2v) is 3.50. The van der Waals surface area contributed by atoms with Gasteiger partial charge in [-0.2, -0.15) is 0 Å². The Bertz CT molecular complexity index is 338. The highest BCUT2D eigenvalue weighted by molar-refractivity contribution is 6.63. The maximum absolute atomic E-state index is 11.5. The van der Waals surface area contributed by atoms with Crippen molar-refractivity contribution >= 4 is 22.8 Å². The standard InChI is InChI=1S/C11H12ClNO2/c12-10(14)7-4-8-13-11(15)9-5-2-1-3-6-9/h1-3,5-6H,4,7-8H2,(H,13,15). The molecule has 1 aromatic rings. The first-order chi connectivity index (χ1) is 7.20. The Balaban J connectivity index is 2.28. The van der Waals surface area contributed by atoms with E-state index in [0.717, 1.165) is 0 Å². The van der Waals surface area contributed by atoms with E-state index in [1.54, 1.807) is 24.3 Å². The molecule has 0 unspecified atom stereocenters. The highest BCUT2D eigenvalue weighted by Crippen LogP contribution is 1.98. The zero-order valence-electron chi connectivity index (χ0n) is 8.20. The molecule has 80 valence electrons. The summed E-state index contributed by atoms with van der Waals surface area (Å²) in [7, 11) is 0. The summed E-state index contributed by atoms with van der Waals surface area (Å²) in [6.45, 7) is 0.464. The van der Waals surface area contributed by atoms with E-state index in [4.69, 9.17) is 11.6 Å². The van der Waals surface area contributed by atoms with Gasteiger partial charge in [0.2, 0.25) is 5.24 Å². The van der Waals surface area contributed by atoms with E-state index in [2.05, 4.69) is 5.32 Å². The first-order valence-corrected chi connectivity index (χ1v) is 5.09. The van der Waals surface area contributed by atoms with E-state index in [9.17, 15) is 9.59 Å². The third-order valence-corrected chi connectivity index (χ3v) is 2.06. The van der Waals surface area contributed by atoms with Crippen molar-refractivity contribution in [3.05, 3.63) is 35.9 Å². The van der Waals surface area contributed by atoms with Crippen LogP contribution in [0.1, 0.15) is 23.2 Å². The predicted molar refractivity (Wildman–Crippen MR) is 58.9 cm³/mol. The van der Waals surface area contributed by atoms with E-state index >= 15 is 0 Å². The first-order valence-electron chi connectivity index (χ1n) is 4.72. The van der Waals surface area contributed by atoms with Gasteiger partial charge >= 0.3 is 0 Å². The topological polar surface area (TPSA) is 46.2 Å². The Labute approximate surface area is 93.4 Å². The Morgan fingerprint density at radius 1 is 1.20 bits per heavy atom. The lowest BCUT2D eigenvalue weighted by molar-refractivity contribution is -0.111. The lowest BCUT2D eigenvalue weighted by atomic mass is 10.2. The van der Waals surface area contributed by atoms with E-state index in [0.29, 0.717) is 18.5 Å². The molecule has 15 heavy (non-hydrogen) atoms. The third kappa shape index (κ3) is 4.61. The van der Waals surface area contributed by atoms with Gasteiger partial charge < -0.3 is 5.32 Å². The van der Waals surface area contributed by atoms with Gasteiger partial charge in [-0.1, -0.05) is 18.2 Å². The van der Waals surface area contributed by atoms with Gasteiger partial charge in [-0.3, -0.25) is 9.59 Å². The predicted octanol–water partition coefficient (Wildman–Crippen LogP) is 1.96. The molecule has 0 aliphatic heterocycles. The number of amides is 1. The molecule has 0 saturated heterocycles. The first kappa shape index (κ1) is 11.7. The van der Waals surface area contributed by atoms with E-state index in [1.165, 1.54) is 0 Å². The van der Waals surface area contributed by atoms with Crippen LogP contribution < -0.4 is 5.32 Å². The van der Waals surface area contributed by atoms with Gasteiger partial charge in [0, 0.05) is 18.5 Å². The maximum atomic E-state index is 11.5. The van der Waals surface area contributed by atoms with Crippen LogP contribution in [0, 0.1) is 0 Å². The van der Waals surface area contributed by atoms with Crippen LogP contribution in [0.15, 0.2) is 30.3 Å². The largest absolute Gasteiger partial charge is 0.352 e. The molecule has 0 fully saturated rings. The summed E-state index contributed by atoms with van der Waals surface area (Å²) in [5, 5.41) is 2.33. The molecule has 0 atom stereocenters. The van der Waals surface area contributed by atoms with Gasteiger partial charge in [0.25, 0.3) is 5.91 Å². The SMILES string of the molecule is O=C(Cl)CCCNC(=O)c1ccccc1. The molecule has 0 aliphatic carbocycles. The van der Waals surface area contributed by atoms with Crippen LogP contribution in [0.3, 0.4) is 0 Å². The van der Waals surface area contributed by atoms with Crippen molar-refractivity contribution in [2.24, 2.45) is 0 Å². The Morgan fingerprint density at radius 3 is 2.47 bits per heavy atom. The minimum Gasteiger partial charge on any atom is -0.352 e. The Kier molecular flexibility index (Phi) is 4.84. The Hall–Kier alpha value is -1.35. The number of benzene rings is 1. The van der Waals surface area contributed by atoms with E-state index in [1.807, 2.05) is 6.07 Å². The van der Waals surface area contributed by atoms with Crippen LogP contribution in [0.25, 0.3) is 0 Å². The molecule has 4 heteroatoms. The molecular weight excluding hydrogens is 214 g/mol. The number of carbonyl (C=O) groups excluding carboxylic acids is 2. The monoisotopic (exact) mass is 225 g/mol. The molecule has 0 bridgehead atoms. The van der Waals surface area contributed by atoms with Gasteiger partial charge in [-0.05, 0) is 30.2 Å². The summed E-state index contributed by atoms with van der Waals surface area (Å²) >= 11 is 5.16. The molecule has 0 spiro atoms. The second-order valence-electron chi connectivity index (χ2n) is 3.08. The molecule has 3 nitrogen and oxygen atoms in total.